The van der Waals surface area contributed by atoms with E-state index in [1.54, 1.807) is 19.2 Å². The maximum Gasteiger partial charge on any atom is 0.356 e. The van der Waals surface area contributed by atoms with Crippen molar-refractivity contribution in [3.63, 3.8) is 0 Å². The molecule has 3 rings (SSSR count). The number of rotatable bonds is 3. The minimum Gasteiger partial charge on any atom is -0.492 e. The van der Waals surface area contributed by atoms with Crippen molar-refractivity contribution in [3.05, 3.63) is 23.9 Å². The smallest absolute Gasteiger partial charge is 0.356 e. The van der Waals surface area contributed by atoms with Crippen LogP contribution in [-0.4, -0.2) is 41.2 Å². The first kappa shape index (κ1) is 13.3. The quantitative estimate of drug-likeness (QED) is 0.923. The van der Waals surface area contributed by atoms with E-state index in [-0.39, 0.29) is 5.69 Å². The minimum atomic E-state index is -1.08. The summed E-state index contributed by atoms with van der Waals surface area (Å²) in [6.07, 6.45) is 0. The van der Waals surface area contributed by atoms with E-state index in [2.05, 4.69) is 5.10 Å². The number of methoxy groups -OCH3 is 1. The monoisotopic (exact) mass is 290 g/mol. The van der Waals surface area contributed by atoms with Crippen molar-refractivity contribution in [2.24, 2.45) is 7.05 Å². The zero-order chi connectivity index (χ0) is 15.0. The lowest BCUT2D eigenvalue weighted by atomic mass is 10.1. The number of carboxylic acid groups (broad SMARTS) is 1. The molecule has 0 spiro atoms. The van der Waals surface area contributed by atoms with Gasteiger partial charge in [0.2, 0.25) is 5.75 Å². The summed E-state index contributed by atoms with van der Waals surface area (Å²) in [7, 11) is 3.21. The SMILES string of the molecule is COc1c(-c2cc(C(=O)O)nn2C)ccc2c1OCCO2. The highest BCUT2D eigenvalue weighted by molar-refractivity contribution is 5.87. The fraction of sp³-hybridized carbons (Fsp3) is 0.286. The van der Waals surface area contributed by atoms with Crippen LogP contribution in [0.1, 0.15) is 10.5 Å². The molecule has 110 valence electrons. The van der Waals surface area contributed by atoms with Crippen molar-refractivity contribution in [3.8, 4) is 28.5 Å². The number of carbonyl (C=O) groups is 1. The van der Waals surface area contributed by atoms with Gasteiger partial charge in [0.25, 0.3) is 0 Å². The Balaban J connectivity index is 2.16. The fourth-order valence-electron chi connectivity index (χ4n) is 2.32. The molecule has 0 radical (unpaired) electrons. The van der Waals surface area contributed by atoms with E-state index in [1.165, 1.54) is 17.9 Å². The lowest BCUT2D eigenvalue weighted by molar-refractivity contribution is 0.0689. The summed E-state index contributed by atoms with van der Waals surface area (Å²) >= 11 is 0. The van der Waals surface area contributed by atoms with Crippen molar-refractivity contribution in [1.29, 1.82) is 0 Å². The molecular formula is C14H14N2O5. The molecule has 0 bridgehead atoms. The van der Waals surface area contributed by atoms with Crippen molar-refractivity contribution < 1.29 is 24.1 Å². The summed E-state index contributed by atoms with van der Waals surface area (Å²) in [6, 6.07) is 5.07. The molecule has 0 amide bonds. The minimum absolute atomic E-state index is 0.0237. The van der Waals surface area contributed by atoms with Crippen LogP contribution in [0.4, 0.5) is 0 Å². The molecule has 1 aromatic carbocycles. The predicted octanol–water partition coefficient (Wildman–Crippen LogP) is 1.57. The highest BCUT2D eigenvalue weighted by atomic mass is 16.6. The van der Waals surface area contributed by atoms with E-state index >= 15 is 0 Å². The molecule has 7 heteroatoms. The van der Waals surface area contributed by atoms with Crippen LogP contribution in [0.25, 0.3) is 11.3 Å². The maximum atomic E-state index is 11.0. The van der Waals surface area contributed by atoms with Crippen LogP contribution >= 0.6 is 0 Å². The van der Waals surface area contributed by atoms with E-state index in [0.29, 0.717) is 41.7 Å². The van der Waals surface area contributed by atoms with E-state index in [4.69, 9.17) is 19.3 Å². The van der Waals surface area contributed by atoms with Gasteiger partial charge in [0, 0.05) is 12.6 Å². The Hall–Kier alpha value is -2.70. The Kier molecular flexibility index (Phi) is 3.17. The van der Waals surface area contributed by atoms with Gasteiger partial charge in [-0.3, -0.25) is 4.68 Å². The molecule has 1 aromatic heterocycles. The van der Waals surface area contributed by atoms with E-state index in [9.17, 15) is 4.79 Å². The largest absolute Gasteiger partial charge is 0.492 e. The number of ether oxygens (including phenoxy) is 3. The van der Waals surface area contributed by atoms with Crippen LogP contribution in [0.3, 0.4) is 0 Å². The Labute approximate surface area is 120 Å². The summed E-state index contributed by atoms with van der Waals surface area (Å²) in [5.74, 6) is 0.572. The van der Waals surface area contributed by atoms with Crippen LogP contribution in [0, 0.1) is 0 Å². The van der Waals surface area contributed by atoms with Crippen molar-refractivity contribution in [1.82, 2.24) is 9.78 Å². The third-order valence-electron chi connectivity index (χ3n) is 3.24. The van der Waals surface area contributed by atoms with E-state index in [0.717, 1.165) is 0 Å². The van der Waals surface area contributed by atoms with Gasteiger partial charge >= 0.3 is 5.97 Å². The molecule has 0 fully saturated rings. The van der Waals surface area contributed by atoms with Gasteiger partial charge in [-0.1, -0.05) is 0 Å². The fourth-order valence-corrected chi connectivity index (χ4v) is 2.32. The van der Waals surface area contributed by atoms with Gasteiger partial charge in [0.1, 0.15) is 13.2 Å². The van der Waals surface area contributed by atoms with Crippen LogP contribution in [0.2, 0.25) is 0 Å². The summed E-state index contributed by atoms with van der Waals surface area (Å²) < 4.78 is 18.0. The second-order valence-corrected chi connectivity index (χ2v) is 4.51. The van der Waals surface area contributed by atoms with Crippen molar-refractivity contribution >= 4 is 5.97 Å². The number of aryl methyl sites for hydroxylation is 1. The Bertz CT molecular complexity index is 708. The normalized spacial score (nSPS) is 13.0. The number of aromatic carboxylic acids is 1. The molecule has 2 heterocycles. The standard InChI is InChI=1S/C14H14N2O5/c1-16-10(7-9(15-16)14(17)18)8-3-4-11-13(12(8)19-2)21-6-5-20-11/h3-4,7H,5-6H2,1-2H3,(H,17,18). The molecule has 0 atom stereocenters. The molecule has 2 aromatic rings. The molecule has 1 aliphatic heterocycles. The summed E-state index contributed by atoms with van der Waals surface area (Å²) in [5, 5.41) is 13.0. The predicted molar refractivity (Wildman–Crippen MR) is 73.1 cm³/mol. The van der Waals surface area contributed by atoms with Gasteiger partial charge in [-0.05, 0) is 18.2 Å². The highest BCUT2D eigenvalue weighted by Gasteiger charge is 2.23. The molecule has 0 saturated carbocycles. The molecular weight excluding hydrogens is 276 g/mol. The third kappa shape index (κ3) is 2.16. The summed E-state index contributed by atoms with van der Waals surface area (Å²) in [5.41, 5.74) is 1.30. The second kappa shape index (κ2) is 5.01. The molecule has 0 saturated heterocycles. The zero-order valence-corrected chi connectivity index (χ0v) is 11.6. The molecule has 0 aliphatic carbocycles. The molecule has 1 N–H and O–H groups in total. The zero-order valence-electron chi connectivity index (χ0n) is 11.6. The van der Waals surface area contributed by atoms with Gasteiger partial charge in [-0.25, -0.2) is 4.79 Å². The average molecular weight is 290 g/mol. The number of aromatic nitrogens is 2. The average Bonchev–Trinajstić information content (AvgIpc) is 2.88. The first-order valence-electron chi connectivity index (χ1n) is 6.36. The van der Waals surface area contributed by atoms with E-state index in [1.807, 2.05) is 0 Å². The summed E-state index contributed by atoms with van der Waals surface area (Å²) in [6.45, 7) is 0.933. The van der Waals surface area contributed by atoms with Gasteiger partial charge in [0.05, 0.1) is 12.8 Å². The number of nitrogens with zero attached hydrogens (tertiary/aromatic N) is 2. The van der Waals surface area contributed by atoms with Crippen LogP contribution < -0.4 is 14.2 Å². The number of benzene rings is 1. The van der Waals surface area contributed by atoms with Crippen LogP contribution in [0.15, 0.2) is 18.2 Å². The number of fused-ring (bicyclic) bond motifs is 1. The number of hydrogen-bond acceptors (Lipinski definition) is 5. The lowest BCUT2D eigenvalue weighted by Gasteiger charge is -2.22. The topological polar surface area (TPSA) is 82.8 Å². The first-order valence-corrected chi connectivity index (χ1v) is 6.36. The Morgan fingerprint density at radius 1 is 1.38 bits per heavy atom. The molecule has 1 aliphatic rings. The molecule has 7 nitrogen and oxygen atoms in total. The molecule has 21 heavy (non-hydrogen) atoms. The van der Waals surface area contributed by atoms with Crippen molar-refractivity contribution in [2.75, 3.05) is 20.3 Å². The van der Waals surface area contributed by atoms with Gasteiger partial charge in [0.15, 0.2) is 17.2 Å². The second-order valence-electron chi connectivity index (χ2n) is 4.51. The highest BCUT2D eigenvalue weighted by Crippen LogP contribution is 2.45. The third-order valence-corrected chi connectivity index (χ3v) is 3.24. The van der Waals surface area contributed by atoms with Crippen molar-refractivity contribution in [2.45, 2.75) is 0 Å². The Morgan fingerprint density at radius 2 is 2.14 bits per heavy atom. The van der Waals surface area contributed by atoms with Gasteiger partial charge in [-0.15, -0.1) is 0 Å². The summed E-state index contributed by atoms with van der Waals surface area (Å²) in [4.78, 5) is 11.0. The first-order chi connectivity index (χ1) is 10.1. The van der Waals surface area contributed by atoms with Gasteiger partial charge < -0.3 is 19.3 Å². The number of carboxylic acids is 1. The van der Waals surface area contributed by atoms with E-state index < -0.39 is 5.97 Å². The van der Waals surface area contributed by atoms with Crippen LogP contribution in [0.5, 0.6) is 17.2 Å². The van der Waals surface area contributed by atoms with Crippen LogP contribution in [-0.2, 0) is 7.05 Å². The maximum absolute atomic E-state index is 11.0. The van der Waals surface area contributed by atoms with Gasteiger partial charge in [-0.2, -0.15) is 5.10 Å². The molecule has 0 unspecified atom stereocenters. The number of hydrogen-bond donors (Lipinski definition) is 1. The lowest BCUT2D eigenvalue weighted by Crippen LogP contribution is -2.16. The Morgan fingerprint density at radius 3 is 2.81 bits per heavy atom.